The fourth-order valence-corrected chi connectivity index (χ4v) is 4.92. The summed E-state index contributed by atoms with van der Waals surface area (Å²) in [7, 11) is 0. The third kappa shape index (κ3) is 4.62. The molecule has 3 aromatic rings. The number of anilines is 4. The highest BCUT2D eigenvalue weighted by Crippen LogP contribution is 2.37. The summed E-state index contributed by atoms with van der Waals surface area (Å²) in [6.45, 7) is 4.12. The first kappa shape index (κ1) is 22.7. The number of halogens is 1. The number of nitrogens with zero attached hydrogens (tertiary/aromatic N) is 5. The van der Waals surface area contributed by atoms with Gasteiger partial charge in [0.15, 0.2) is 11.5 Å². The van der Waals surface area contributed by atoms with E-state index in [1.54, 1.807) is 10.7 Å². The van der Waals surface area contributed by atoms with Gasteiger partial charge in [-0.2, -0.15) is 4.98 Å². The van der Waals surface area contributed by atoms with Gasteiger partial charge in [0.25, 0.3) is 0 Å². The average Bonchev–Trinajstić information content (AvgIpc) is 3.36. The molecule has 35 heavy (non-hydrogen) atoms. The standard InChI is InChI=1S/C23H31ClN10O/c24-20-18(5-13(7-25)6-19(20)33-4-3-15(10-33)28-16-11-35-12-16)30-23-31-21(29-14-1-2-14)22-27-9-17(8-26)34(22)32-23/h5-6,9,14-16,28H,1-4,7-8,10-12,25-26H2,(H2,29,30,31,32)/t15-/m1/s1. The Kier molecular flexibility index (Phi) is 6.11. The Bertz CT molecular complexity index is 1220. The van der Waals surface area contributed by atoms with Gasteiger partial charge in [0.2, 0.25) is 5.95 Å². The van der Waals surface area contributed by atoms with Crippen LogP contribution in [-0.4, -0.2) is 64.0 Å². The second kappa shape index (κ2) is 9.40. The average molecular weight is 499 g/mol. The maximum atomic E-state index is 6.95. The molecule has 6 rings (SSSR count). The molecule has 7 N–H and O–H groups in total. The van der Waals surface area contributed by atoms with Crippen molar-refractivity contribution in [3.63, 3.8) is 0 Å². The number of aromatic nitrogens is 4. The molecule has 1 atom stereocenters. The summed E-state index contributed by atoms with van der Waals surface area (Å²) in [4.78, 5) is 11.5. The third-order valence-corrected chi connectivity index (χ3v) is 7.19. The van der Waals surface area contributed by atoms with Gasteiger partial charge >= 0.3 is 0 Å². The van der Waals surface area contributed by atoms with E-state index in [4.69, 9.17) is 32.8 Å². The summed E-state index contributed by atoms with van der Waals surface area (Å²) in [5, 5.41) is 15.8. The molecule has 1 aliphatic carbocycles. The Morgan fingerprint density at radius 1 is 1.09 bits per heavy atom. The van der Waals surface area contributed by atoms with Crippen LogP contribution in [0.5, 0.6) is 0 Å². The van der Waals surface area contributed by atoms with Gasteiger partial charge in [-0.05, 0) is 37.0 Å². The molecule has 11 nitrogen and oxygen atoms in total. The van der Waals surface area contributed by atoms with Gasteiger partial charge in [0.05, 0.1) is 47.5 Å². The zero-order valence-electron chi connectivity index (χ0n) is 19.5. The minimum atomic E-state index is 0.325. The fraction of sp³-hybridized carbons (Fsp3) is 0.522. The fourth-order valence-electron chi connectivity index (χ4n) is 4.64. The predicted molar refractivity (Wildman–Crippen MR) is 136 cm³/mol. The van der Waals surface area contributed by atoms with Crippen LogP contribution in [0.3, 0.4) is 0 Å². The highest BCUT2D eigenvalue weighted by atomic mass is 35.5. The zero-order chi connectivity index (χ0) is 23.9. The van der Waals surface area contributed by atoms with Crippen LogP contribution < -0.4 is 32.3 Å². The van der Waals surface area contributed by atoms with E-state index in [9.17, 15) is 0 Å². The number of rotatable bonds is 9. The first-order chi connectivity index (χ1) is 17.1. The zero-order valence-corrected chi connectivity index (χ0v) is 20.3. The molecule has 0 unspecified atom stereocenters. The second-order valence-corrected chi connectivity index (χ2v) is 9.91. The molecule has 4 heterocycles. The van der Waals surface area contributed by atoms with E-state index >= 15 is 0 Å². The minimum absolute atomic E-state index is 0.325. The topological polar surface area (TPSA) is 144 Å². The molecule has 3 aliphatic rings. The monoisotopic (exact) mass is 498 g/mol. The molecule has 2 saturated heterocycles. The number of imidazole rings is 1. The van der Waals surface area contributed by atoms with Gasteiger partial charge in [-0.25, -0.2) is 9.50 Å². The van der Waals surface area contributed by atoms with E-state index in [1.807, 2.05) is 6.07 Å². The Morgan fingerprint density at radius 3 is 2.66 bits per heavy atom. The molecule has 2 aromatic heterocycles. The number of ether oxygens (including phenoxy) is 1. The molecule has 0 spiro atoms. The summed E-state index contributed by atoms with van der Waals surface area (Å²) in [5.41, 5.74) is 16.1. The van der Waals surface area contributed by atoms with Crippen molar-refractivity contribution in [2.75, 3.05) is 41.8 Å². The van der Waals surface area contributed by atoms with Crippen LogP contribution in [0.4, 0.5) is 23.1 Å². The number of fused-ring (bicyclic) bond motifs is 1. The largest absolute Gasteiger partial charge is 0.378 e. The van der Waals surface area contributed by atoms with Crippen molar-refractivity contribution in [2.45, 2.75) is 50.5 Å². The Hall–Kier alpha value is -2.70. The van der Waals surface area contributed by atoms with Crippen LogP contribution in [0, 0.1) is 0 Å². The van der Waals surface area contributed by atoms with E-state index in [1.165, 1.54) is 0 Å². The number of nitrogens with two attached hydrogens (primary N) is 2. The molecule has 1 aromatic carbocycles. The third-order valence-electron chi connectivity index (χ3n) is 6.79. The predicted octanol–water partition coefficient (Wildman–Crippen LogP) is 1.58. The van der Waals surface area contributed by atoms with E-state index in [0.29, 0.717) is 53.7 Å². The molecule has 12 heteroatoms. The molecule has 0 radical (unpaired) electrons. The Balaban J connectivity index is 1.30. The quantitative estimate of drug-likeness (QED) is 0.295. The van der Waals surface area contributed by atoms with Gasteiger partial charge in [0, 0.05) is 38.3 Å². The lowest BCUT2D eigenvalue weighted by molar-refractivity contribution is -0.00895. The molecule has 1 saturated carbocycles. The van der Waals surface area contributed by atoms with Crippen molar-refractivity contribution in [1.82, 2.24) is 24.9 Å². The van der Waals surface area contributed by atoms with Crippen molar-refractivity contribution >= 4 is 40.4 Å². The van der Waals surface area contributed by atoms with E-state index in [-0.39, 0.29) is 0 Å². The normalized spacial score (nSPS) is 20.4. The van der Waals surface area contributed by atoms with Crippen LogP contribution in [-0.2, 0) is 17.8 Å². The van der Waals surface area contributed by atoms with Crippen LogP contribution in [0.15, 0.2) is 18.3 Å². The van der Waals surface area contributed by atoms with E-state index in [0.717, 1.165) is 68.2 Å². The summed E-state index contributed by atoms with van der Waals surface area (Å²) in [6, 6.07) is 5.32. The lowest BCUT2D eigenvalue weighted by Gasteiger charge is -2.30. The van der Waals surface area contributed by atoms with Crippen molar-refractivity contribution in [3.05, 3.63) is 34.6 Å². The van der Waals surface area contributed by atoms with E-state index in [2.05, 4.69) is 37.0 Å². The van der Waals surface area contributed by atoms with Crippen LogP contribution in [0.2, 0.25) is 5.02 Å². The van der Waals surface area contributed by atoms with Crippen molar-refractivity contribution in [1.29, 1.82) is 0 Å². The van der Waals surface area contributed by atoms with Gasteiger partial charge in [-0.15, -0.1) is 5.10 Å². The summed E-state index contributed by atoms with van der Waals surface area (Å²) >= 11 is 6.95. The summed E-state index contributed by atoms with van der Waals surface area (Å²) in [6.07, 6.45) is 5.04. The second-order valence-electron chi connectivity index (χ2n) is 9.53. The lowest BCUT2D eigenvalue weighted by Crippen LogP contribution is -2.51. The van der Waals surface area contributed by atoms with Crippen LogP contribution in [0.25, 0.3) is 5.65 Å². The highest BCUT2D eigenvalue weighted by Gasteiger charge is 2.29. The number of hydrogen-bond acceptors (Lipinski definition) is 10. The number of benzene rings is 1. The first-order valence-corrected chi connectivity index (χ1v) is 12.6. The molecule has 3 fully saturated rings. The number of hydrogen-bond donors (Lipinski definition) is 5. The molecule has 186 valence electrons. The number of nitrogens with one attached hydrogen (secondary N) is 3. The molecule has 0 amide bonds. The van der Waals surface area contributed by atoms with E-state index < -0.39 is 0 Å². The van der Waals surface area contributed by atoms with Gasteiger partial charge in [0.1, 0.15) is 0 Å². The SMILES string of the molecule is NCc1cc(Nc2nc(NC3CC3)c3ncc(CN)n3n2)c(Cl)c(N2CC[C@@H](NC3COC3)C2)c1. The van der Waals surface area contributed by atoms with Crippen molar-refractivity contribution in [3.8, 4) is 0 Å². The Morgan fingerprint density at radius 2 is 1.94 bits per heavy atom. The smallest absolute Gasteiger partial charge is 0.247 e. The maximum absolute atomic E-state index is 6.95. The van der Waals surface area contributed by atoms with Crippen LogP contribution in [0.1, 0.15) is 30.5 Å². The molecule has 2 aliphatic heterocycles. The van der Waals surface area contributed by atoms with Crippen molar-refractivity contribution < 1.29 is 4.74 Å². The minimum Gasteiger partial charge on any atom is -0.378 e. The van der Waals surface area contributed by atoms with Crippen molar-refractivity contribution in [2.24, 2.45) is 11.5 Å². The van der Waals surface area contributed by atoms with Gasteiger partial charge < -0.3 is 37.1 Å². The maximum Gasteiger partial charge on any atom is 0.247 e. The van der Waals surface area contributed by atoms with Gasteiger partial charge in [-0.1, -0.05) is 11.6 Å². The first-order valence-electron chi connectivity index (χ1n) is 12.2. The molecular formula is C23H31ClN10O. The summed E-state index contributed by atoms with van der Waals surface area (Å²) < 4.78 is 7.04. The lowest BCUT2D eigenvalue weighted by atomic mass is 10.1. The van der Waals surface area contributed by atoms with Gasteiger partial charge in [-0.3, -0.25) is 0 Å². The summed E-state index contributed by atoms with van der Waals surface area (Å²) in [5.74, 6) is 1.10. The van der Waals surface area contributed by atoms with Crippen LogP contribution >= 0.6 is 11.6 Å². The Labute approximate surface area is 208 Å². The molecular weight excluding hydrogens is 468 g/mol. The highest BCUT2D eigenvalue weighted by molar-refractivity contribution is 6.36. The molecule has 0 bridgehead atoms.